The van der Waals surface area contributed by atoms with E-state index in [2.05, 4.69) is 27.4 Å². The van der Waals surface area contributed by atoms with Crippen molar-refractivity contribution in [3.63, 3.8) is 0 Å². The minimum absolute atomic E-state index is 0.195. The second-order valence-electron chi connectivity index (χ2n) is 5.75. The molecule has 2 rings (SSSR count). The molecule has 0 bridgehead atoms. The smallest absolute Gasteiger partial charge is 0.331 e. The number of nitrogens with one attached hydrogen (secondary N) is 2. The minimum atomic E-state index is -1.17. The van der Waals surface area contributed by atoms with Gasteiger partial charge in [0.05, 0.1) is 5.69 Å². The average Bonchev–Trinajstić information content (AvgIpc) is 2.89. The summed E-state index contributed by atoms with van der Waals surface area (Å²) < 4.78 is 0. The average molecular weight is 330 g/mol. The number of rotatable bonds is 7. The molecule has 0 aromatic carbocycles. The summed E-state index contributed by atoms with van der Waals surface area (Å²) in [5.74, 6) is -1.67. The van der Waals surface area contributed by atoms with Gasteiger partial charge in [-0.3, -0.25) is 14.9 Å². The number of carbonyl (C=O) groups excluding carboxylic acids is 1. The Morgan fingerprint density at radius 2 is 2.08 bits per heavy atom. The minimum Gasteiger partial charge on any atom is -0.479 e. The van der Waals surface area contributed by atoms with Crippen molar-refractivity contribution in [2.24, 2.45) is 0 Å². The second kappa shape index (κ2) is 7.72. The first kappa shape index (κ1) is 17.7. The lowest BCUT2D eigenvalue weighted by atomic mass is 10.0. The molecule has 2 aromatic rings. The van der Waals surface area contributed by atoms with Crippen molar-refractivity contribution in [2.75, 3.05) is 0 Å². The van der Waals surface area contributed by atoms with Crippen molar-refractivity contribution in [1.82, 2.24) is 20.5 Å². The van der Waals surface area contributed by atoms with Crippen LogP contribution < -0.4 is 5.32 Å². The highest BCUT2D eigenvalue weighted by molar-refractivity contribution is 5.95. The number of carbonyl (C=O) groups is 2. The van der Waals surface area contributed by atoms with Crippen molar-refractivity contribution in [2.45, 2.75) is 46.1 Å². The van der Waals surface area contributed by atoms with Gasteiger partial charge in [0.25, 0.3) is 5.91 Å². The monoisotopic (exact) mass is 330 g/mol. The number of aromatic amines is 1. The molecule has 2 aromatic heterocycles. The molecule has 0 saturated carbocycles. The van der Waals surface area contributed by atoms with Crippen LogP contribution in [0.3, 0.4) is 0 Å². The third-order valence-electron chi connectivity index (χ3n) is 3.87. The summed E-state index contributed by atoms with van der Waals surface area (Å²) in [5.41, 5.74) is 2.88. The van der Waals surface area contributed by atoms with Gasteiger partial charge in [-0.1, -0.05) is 19.4 Å². The van der Waals surface area contributed by atoms with Gasteiger partial charge in [0.15, 0.2) is 6.04 Å². The number of amides is 1. The number of H-pyrrole nitrogens is 1. The van der Waals surface area contributed by atoms with Crippen LogP contribution in [0.4, 0.5) is 0 Å². The Balaban J connectivity index is 2.15. The molecule has 128 valence electrons. The largest absolute Gasteiger partial charge is 0.479 e. The van der Waals surface area contributed by atoms with Crippen LogP contribution >= 0.6 is 0 Å². The van der Waals surface area contributed by atoms with E-state index in [4.69, 9.17) is 0 Å². The first-order valence-corrected chi connectivity index (χ1v) is 7.94. The van der Waals surface area contributed by atoms with Crippen LogP contribution in [0.15, 0.2) is 18.3 Å². The SMILES string of the molecule is CCCCc1ccc(C(=O)NC(C(=O)O)c2c(C)n[nH]c2C)nc1. The van der Waals surface area contributed by atoms with Crippen LogP contribution in [0.5, 0.6) is 0 Å². The lowest BCUT2D eigenvalue weighted by molar-refractivity contribution is -0.139. The number of carboxylic acids is 1. The molecule has 0 saturated heterocycles. The van der Waals surface area contributed by atoms with Gasteiger partial charge in [-0.15, -0.1) is 0 Å². The van der Waals surface area contributed by atoms with Gasteiger partial charge < -0.3 is 10.4 Å². The number of carboxylic acid groups (broad SMARTS) is 1. The lowest BCUT2D eigenvalue weighted by Gasteiger charge is -2.15. The van der Waals surface area contributed by atoms with E-state index < -0.39 is 17.9 Å². The fourth-order valence-electron chi connectivity index (χ4n) is 2.53. The maximum absolute atomic E-state index is 12.3. The molecular formula is C17H22N4O3. The number of nitrogens with zero attached hydrogens (tertiary/aromatic N) is 2. The van der Waals surface area contributed by atoms with E-state index in [1.165, 1.54) is 0 Å². The molecular weight excluding hydrogens is 308 g/mol. The van der Waals surface area contributed by atoms with Gasteiger partial charge in [0, 0.05) is 17.5 Å². The van der Waals surface area contributed by atoms with Gasteiger partial charge in [-0.2, -0.15) is 5.10 Å². The zero-order valence-electron chi connectivity index (χ0n) is 14.1. The maximum Gasteiger partial charge on any atom is 0.331 e. The summed E-state index contributed by atoms with van der Waals surface area (Å²) in [7, 11) is 0. The van der Waals surface area contributed by atoms with Crippen LogP contribution in [0.2, 0.25) is 0 Å². The van der Waals surface area contributed by atoms with E-state index in [-0.39, 0.29) is 5.69 Å². The molecule has 7 heteroatoms. The van der Waals surface area contributed by atoms with E-state index in [1.54, 1.807) is 26.1 Å². The Kier molecular flexibility index (Phi) is 5.68. The zero-order chi connectivity index (χ0) is 17.7. The molecule has 1 unspecified atom stereocenters. The molecule has 0 aliphatic rings. The molecule has 3 N–H and O–H groups in total. The van der Waals surface area contributed by atoms with Crippen molar-refractivity contribution in [3.05, 3.63) is 46.5 Å². The fourth-order valence-corrected chi connectivity index (χ4v) is 2.53. The lowest BCUT2D eigenvalue weighted by Crippen LogP contribution is -2.34. The predicted molar refractivity (Wildman–Crippen MR) is 88.8 cm³/mol. The Hall–Kier alpha value is -2.70. The number of unbranched alkanes of at least 4 members (excludes halogenated alkanes) is 1. The Labute approximate surface area is 140 Å². The van der Waals surface area contributed by atoms with Crippen molar-refractivity contribution < 1.29 is 14.7 Å². The highest BCUT2D eigenvalue weighted by atomic mass is 16.4. The van der Waals surface area contributed by atoms with E-state index in [0.29, 0.717) is 17.0 Å². The molecule has 24 heavy (non-hydrogen) atoms. The van der Waals surface area contributed by atoms with Crippen LogP contribution in [0, 0.1) is 13.8 Å². The standard InChI is InChI=1S/C17H22N4O3/c1-4-5-6-12-7-8-13(18-9-12)16(22)19-15(17(23)24)14-10(2)20-21-11(14)3/h7-9,15H,4-6H2,1-3H3,(H,19,22)(H,20,21)(H,23,24). The third kappa shape index (κ3) is 3.98. The number of hydrogen-bond acceptors (Lipinski definition) is 4. The molecule has 0 aliphatic carbocycles. The molecule has 2 heterocycles. The van der Waals surface area contributed by atoms with Crippen LogP contribution in [0.25, 0.3) is 0 Å². The summed E-state index contributed by atoms with van der Waals surface area (Å²) in [5, 5.41) is 18.7. The molecule has 0 spiro atoms. The van der Waals surface area contributed by atoms with E-state index >= 15 is 0 Å². The van der Waals surface area contributed by atoms with Crippen LogP contribution in [-0.4, -0.2) is 32.2 Å². The molecule has 0 aliphatic heterocycles. The summed E-state index contributed by atoms with van der Waals surface area (Å²) >= 11 is 0. The summed E-state index contributed by atoms with van der Waals surface area (Å²) in [4.78, 5) is 28.0. The summed E-state index contributed by atoms with van der Waals surface area (Å²) in [6.45, 7) is 5.53. The molecule has 0 radical (unpaired) electrons. The number of aryl methyl sites for hydroxylation is 3. The Morgan fingerprint density at radius 1 is 1.33 bits per heavy atom. The Morgan fingerprint density at radius 3 is 2.58 bits per heavy atom. The highest BCUT2D eigenvalue weighted by Crippen LogP contribution is 2.20. The molecule has 0 fully saturated rings. The highest BCUT2D eigenvalue weighted by Gasteiger charge is 2.27. The maximum atomic E-state index is 12.3. The molecule has 1 amide bonds. The number of aliphatic carboxylic acids is 1. The second-order valence-corrected chi connectivity index (χ2v) is 5.75. The quantitative estimate of drug-likeness (QED) is 0.722. The first-order chi connectivity index (χ1) is 11.4. The summed E-state index contributed by atoms with van der Waals surface area (Å²) in [6.07, 6.45) is 4.73. The number of aromatic nitrogens is 3. The normalized spacial score (nSPS) is 12.0. The fraction of sp³-hybridized carbons (Fsp3) is 0.412. The van der Waals surface area contributed by atoms with Gasteiger partial charge >= 0.3 is 5.97 Å². The van der Waals surface area contributed by atoms with Crippen molar-refractivity contribution in [3.8, 4) is 0 Å². The van der Waals surface area contributed by atoms with Gasteiger partial charge in [-0.05, 0) is 38.3 Å². The van der Waals surface area contributed by atoms with E-state index in [0.717, 1.165) is 24.8 Å². The van der Waals surface area contributed by atoms with Gasteiger partial charge in [-0.25, -0.2) is 4.79 Å². The number of hydrogen-bond donors (Lipinski definition) is 3. The van der Waals surface area contributed by atoms with Crippen LogP contribution in [0.1, 0.15) is 58.8 Å². The zero-order valence-corrected chi connectivity index (χ0v) is 14.1. The van der Waals surface area contributed by atoms with Crippen LogP contribution in [-0.2, 0) is 11.2 Å². The van der Waals surface area contributed by atoms with Gasteiger partial charge in [0.1, 0.15) is 5.69 Å². The topological polar surface area (TPSA) is 108 Å². The molecule has 7 nitrogen and oxygen atoms in total. The first-order valence-electron chi connectivity index (χ1n) is 7.94. The van der Waals surface area contributed by atoms with E-state index in [9.17, 15) is 14.7 Å². The summed E-state index contributed by atoms with van der Waals surface area (Å²) in [6, 6.07) is 2.30. The van der Waals surface area contributed by atoms with Crippen molar-refractivity contribution >= 4 is 11.9 Å². The third-order valence-corrected chi connectivity index (χ3v) is 3.87. The van der Waals surface area contributed by atoms with Gasteiger partial charge in [0.2, 0.25) is 0 Å². The number of pyridine rings is 1. The van der Waals surface area contributed by atoms with E-state index in [1.807, 2.05) is 6.07 Å². The molecule has 1 atom stereocenters. The Bertz CT molecular complexity index is 702. The predicted octanol–water partition coefficient (Wildman–Crippen LogP) is 2.32. The van der Waals surface area contributed by atoms with Crippen molar-refractivity contribution in [1.29, 1.82) is 0 Å².